The molecule has 15 heteroatoms. The van der Waals surface area contributed by atoms with E-state index in [-0.39, 0.29) is 40.1 Å². The van der Waals surface area contributed by atoms with E-state index in [4.69, 9.17) is 18.6 Å². The van der Waals surface area contributed by atoms with Gasteiger partial charge in [0.05, 0.1) is 49.6 Å². The predicted molar refractivity (Wildman–Crippen MR) is 196 cm³/mol. The minimum atomic E-state index is -4.30. The number of nitrogens with one attached hydrogen (secondary N) is 1. The van der Waals surface area contributed by atoms with Crippen LogP contribution in [0.25, 0.3) is 0 Å². The maximum atomic E-state index is 13.9. The number of hydrogen-bond donors (Lipinski definition) is 1. The molecular formula is C37H38N4O9S2. The van der Waals surface area contributed by atoms with E-state index in [1.165, 1.54) is 62.2 Å². The number of sulfonamides is 2. The fourth-order valence-corrected chi connectivity index (χ4v) is 7.93. The fourth-order valence-electron chi connectivity index (χ4n) is 5.10. The molecule has 1 heterocycles. The van der Waals surface area contributed by atoms with Crippen LogP contribution in [0.3, 0.4) is 0 Å². The number of carbonyl (C=O) groups excluding carboxylic acids is 1. The van der Waals surface area contributed by atoms with Crippen LogP contribution >= 0.6 is 0 Å². The minimum Gasteiger partial charge on any atom is -0.497 e. The molecule has 0 bridgehead atoms. The molecule has 0 saturated heterocycles. The molecule has 1 N–H and O–H groups in total. The van der Waals surface area contributed by atoms with Gasteiger partial charge in [-0.2, -0.15) is 9.41 Å². The van der Waals surface area contributed by atoms with Crippen molar-refractivity contribution in [3.05, 3.63) is 132 Å². The molecule has 5 rings (SSSR count). The molecule has 0 aliphatic heterocycles. The van der Waals surface area contributed by atoms with Crippen molar-refractivity contribution in [1.82, 2.24) is 9.73 Å². The van der Waals surface area contributed by atoms with E-state index in [2.05, 4.69) is 10.5 Å². The summed E-state index contributed by atoms with van der Waals surface area (Å²) in [6, 6.07) is 29.3. The SMILES string of the molecule is COc1ccc(N(CC(=O)N/N=C\c2ccc(CN(Cc3ccccc3)S(=O)(=O)c3ccc(C)cc3)o2)S(=O)(=O)c2ccc(OC)c(OC)c2)cc1. The van der Waals surface area contributed by atoms with Crippen molar-refractivity contribution < 1.29 is 40.3 Å². The summed E-state index contributed by atoms with van der Waals surface area (Å²) in [5, 5.41) is 3.96. The maximum absolute atomic E-state index is 13.9. The number of ether oxygens (including phenoxy) is 3. The largest absolute Gasteiger partial charge is 0.497 e. The molecule has 1 amide bonds. The van der Waals surface area contributed by atoms with Gasteiger partial charge in [0, 0.05) is 12.6 Å². The fraction of sp³-hybridized carbons (Fsp3) is 0.189. The molecule has 0 spiro atoms. The Morgan fingerprint density at radius 3 is 2.08 bits per heavy atom. The Bertz CT molecular complexity index is 2220. The highest BCUT2D eigenvalue weighted by atomic mass is 32.2. The average molecular weight is 747 g/mol. The molecule has 0 fully saturated rings. The van der Waals surface area contributed by atoms with Crippen molar-refractivity contribution in [2.75, 3.05) is 32.2 Å². The lowest BCUT2D eigenvalue weighted by Gasteiger charge is -2.24. The number of hydrogen-bond acceptors (Lipinski definition) is 10. The topological polar surface area (TPSA) is 157 Å². The highest BCUT2D eigenvalue weighted by molar-refractivity contribution is 7.92. The van der Waals surface area contributed by atoms with Gasteiger partial charge in [-0.3, -0.25) is 9.10 Å². The molecule has 272 valence electrons. The molecule has 0 unspecified atom stereocenters. The first kappa shape index (κ1) is 37.6. The van der Waals surface area contributed by atoms with Crippen molar-refractivity contribution in [3.8, 4) is 17.2 Å². The van der Waals surface area contributed by atoms with Gasteiger partial charge in [0.2, 0.25) is 10.0 Å². The van der Waals surface area contributed by atoms with Crippen molar-refractivity contribution >= 4 is 37.9 Å². The Morgan fingerprint density at radius 1 is 0.750 bits per heavy atom. The summed E-state index contributed by atoms with van der Waals surface area (Å²) < 4.78 is 79.0. The van der Waals surface area contributed by atoms with Crippen LogP contribution in [0.4, 0.5) is 5.69 Å². The molecule has 0 aliphatic carbocycles. The van der Waals surface area contributed by atoms with Gasteiger partial charge in [0.1, 0.15) is 23.8 Å². The number of carbonyl (C=O) groups is 1. The van der Waals surface area contributed by atoms with Crippen molar-refractivity contribution in [2.45, 2.75) is 29.8 Å². The molecule has 4 aromatic carbocycles. The van der Waals surface area contributed by atoms with E-state index >= 15 is 0 Å². The Kier molecular flexibility index (Phi) is 12.0. The predicted octanol–water partition coefficient (Wildman–Crippen LogP) is 5.35. The molecule has 0 aliphatic rings. The van der Waals surface area contributed by atoms with Crippen LogP contribution in [0.15, 0.2) is 129 Å². The zero-order valence-corrected chi connectivity index (χ0v) is 30.6. The lowest BCUT2D eigenvalue weighted by molar-refractivity contribution is -0.119. The van der Waals surface area contributed by atoms with Crippen molar-refractivity contribution in [2.24, 2.45) is 5.10 Å². The van der Waals surface area contributed by atoms with Crippen LogP contribution in [-0.4, -0.2) is 61.1 Å². The highest BCUT2D eigenvalue weighted by Gasteiger charge is 2.29. The van der Waals surface area contributed by atoms with Gasteiger partial charge in [0.15, 0.2) is 11.5 Å². The van der Waals surface area contributed by atoms with Crippen molar-refractivity contribution in [1.29, 1.82) is 0 Å². The highest BCUT2D eigenvalue weighted by Crippen LogP contribution is 2.32. The maximum Gasteiger partial charge on any atom is 0.264 e. The van der Waals surface area contributed by atoms with Gasteiger partial charge in [0.25, 0.3) is 15.9 Å². The van der Waals surface area contributed by atoms with Crippen molar-refractivity contribution in [3.63, 3.8) is 0 Å². The second-order valence-corrected chi connectivity index (χ2v) is 15.2. The average Bonchev–Trinajstić information content (AvgIpc) is 3.60. The first-order valence-electron chi connectivity index (χ1n) is 15.8. The molecule has 0 saturated carbocycles. The summed E-state index contributed by atoms with van der Waals surface area (Å²) in [7, 11) is -3.90. The van der Waals surface area contributed by atoms with E-state index in [9.17, 15) is 21.6 Å². The second kappa shape index (κ2) is 16.6. The summed E-state index contributed by atoms with van der Waals surface area (Å²) in [6.07, 6.45) is 1.23. The summed E-state index contributed by atoms with van der Waals surface area (Å²) in [6.45, 7) is 1.28. The number of hydrazone groups is 1. The Balaban J connectivity index is 1.32. The summed E-state index contributed by atoms with van der Waals surface area (Å²) in [5.41, 5.74) is 4.27. The number of anilines is 1. The Hall–Kier alpha value is -5.64. The summed E-state index contributed by atoms with van der Waals surface area (Å²) >= 11 is 0. The number of benzene rings is 4. The van der Waals surface area contributed by atoms with Gasteiger partial charge in [-0.25, -0.2) is 22.3 Å². The van der Waals surface area contributed by atoms with E-state index in [0.717, 1.165) is 15.4 Å². The van der Waals surface area contributed by atoms with Crippen LogP contribution in [0, 0.1) is 6.92 Å². The van der Waals surface area contributed by atoms with Crippen LogP contribution in [0.2, 0.25) is 0 Å². The van der Waals surface area contributed by atoms with E-state index in [1.54, 1.807) is 48.5 Å². The number of methoxy groups -OCH3 is 3. The second-order valence-electron chi connectivity index (χ2n) is 11.4. The number of rotatable bonds is 16. The third-order valence-electron chi connectivity index (χ3n) is 7.85. The molecular weight excluding hydrogens is 709 g/mol. The summed E-state index contributed by atoms with van der Waals surface area (Å²) in [4.78, 5) is 13.1. The van der Waals surface area contributed by atoms with E-state index in [1.807, 2.05) is 37.3 Å². The molecule has 13 nitrogen and oxygen atoms in total. The van der Waals surface area contributed by atoms with Crippen LogP contribution in [0.5, 0.6) is 17.2 Å². The van der Waals surface area contributed by atoms with E-state index in [0.29, 0.717) is 17.3 Å². The zero-order chi connectivity index (χ0) is 37.3. The molecule has 0 atom stereocenters. The van der Waals surface area contributed by atoms with Crippen LogP contribution in [-0.2, 0) is 37.9 Å². The molecule has 5 aromatic rings. The standard InChI is InChI=1S/C37H38N4O9S2/c1-27-10-18-33(19-11-27)51(43,44)40(24-28-8-6-5-7-9-28)25-32-17-16-31(50-32)23-38-39-37(42)26-41(29-12-14-30(47-2)15-13-29)52(45,46)34-20-21-35(48-3)36(22-34)49-4/h5-23H,24-26H2,1-4H3,(H,39,42)/b38-23-. The normalized spacial score (nSPS) is 11.8. The smallest absolute Gasteiger partial charge is 0.264 e. The first-order chi connectivity index (χ1) is 24.9. The number of furan rings is 1. The lowest BCUT2D eigenvalue weighted by atomic mass is 10.2. The lowest BCUT2D eigenvalue weighted by Crippen LogP contribution is -2.39. The third kappa shape index (κ3) is 8.98. The van der Waals surface area contributed by atoms with Gasteiger partial charge < -0.3 is 18.6 Å². The first-order valence-corrected chi connectivity index (χ1v) is 18.7. The third-order valence-corrected chi connectivity index (χ3v) is 11.4. The van der Waals surface area contributed by atoms with Gasteiger partial charge >= 0.3 is 0 Å². The molecule has 0 radical (unpaired) electrons. The minimum absolute atomic E-state index is 0.0733. The zero-order valence-electron chi connectivity index (χ0n) is 28.9. The van der Waals surface area contributed by atoms with Crippen LogP contribution in [0.1, 0.15) is 22.6 Å². The Morgan fingerprint density at radius 2 is 1.42 bits per heavy atom. The quantitative estimate of drug-likeness (QED) is 0.104. The molecule has 1 aromatic heterocycles. The summed E-state index contributed by atoms with van der Waals surface area (Å²) in [5.74, 6) is 0.846. The number of amides is 1. The van der Waals surface area contributed by atoms with Gasteiger partial charge in [-0.15, -0.1) is 0 Å². The van der Waals surface area contributed by atoms with Crippen LogP contribution < -0.4 is 23.9 Å². The number of nitrogens with zero attached hydrogens (tertiary/aromatic N) is 3. The van der Waals surface area contributed by atoms with E-state index < -0.39 is 32.5 Å². The Labute approximate surface area is 303 Å². The van der Waals surface area contributed by atoms with Gasteiger partial charge in [-0.1, -0.05) is 48.0 Å². The number of aryl methyl sites for hydroxylation is 1. The molecule has 52 heavy (non-hydrogen) atoms. The monoisotopic (exact) mass is 746 g/mol. The van der Waals surface area contributed by atoms with Gasteiger partial charge in [-0.05, 0) is 73.2 Å².